The van der Waals surface area contributed by atoms with Crippen LogP contribution in [0.3, 0.4) is 0 Å². The van der Waals surface area contributed by atoms with Gasteiger partial charge < -0.3 is 0 Å². The summed E-state index contributed by atoms with van der Waals surface area (Å²) in [6.07, 6.45) is 9.19. The van der Waals surface area contributed by atoms with Crippen LogP contribution in [0.5, 0.6) is 0 Å². The monoisotopic (exact) mass is 111 g/mol. The minimum atomic E-state index is 1.02. The Morgan fingerprint density at radius 3 is 2.12 bits per heavy atom. The molecule has 0 aliphatic carbocycles. The highest BCUT2D eigenvalue weighted by molar-refractivity contribution is 4.93. The van der Waals surface area contributed by atoms with E-state index in [0.29, 0.717) is 0 Å². The Kier molecular flexibility index (Phi) is 1.70. The topological polar surface area (TPSA) is 23.5 Å². The van der Waals surface area contributed by atoms with Crippen LogP contribution in [-0.2, 0) is 0 Å². The van der Waals surface area contributed by atoms with Crippen molar-refractivity contribution in [3.8, 4) is 0 Å². The van der Waals surface area contributed by atoms with Crippen LogP contribution in [0.15, 0.2) is 24.6 Å². The molecule has 0 spiro atoms. The molecule has 1 aliphatic rings. The second-order valence-corrected chi connectivity index (χ2v) is 1.73. The first-order valence-corrected chi connectivity index (χ1v) is 2.70. The van der Waals surface area contributed by atoms with Gasteiger partial charge in [0, 0.05) is 12.4 Å². The molecule has 0 saturated heterocycles. The van der Waals surface area contributed by atoms with E-state index in [4.69, 9.17) is 5.21 Å². The molecule has 0 saturated carbocycles. The number of hydrogen-bond donors (Lipinski definition) is 1. The maximum Gasteiger partial charge on any atom is 0.0284 e. The predicted octanol–water partition coefficient (Wildman–Crippen LogP) is 1.50. The van der Waals surface area contributed by atoms with Gasteiger partial charge in [-0.05, 0) is 12.8 Å². The first kappa shape index (κ1) is 5.38. The molecule has 1 rings (SSSR count). The first-order chi connectivity index (χ1) is 3.89. The average Bonchev–Trinajstić information content (AvgIpc) is 1.94. The fraction of sp³-hybridized carbons (Fsp3) is 0.333. The van der Waals surface area contributed by atoms with Crippen LogP contribution in [0.25, 0.3) is 0 Å². The fourth-order valence-electron chi connectivity index (χ4n) is 0.607. The third-order valence-corrected chi connectivity index (χ3v) is 1.02. The second kappa shape index (κ2) is 2.52. The first-order valence-electron chi connectivity index (χ1n) is 2.70. The summed E-state index contributed by atoms with van der Waals surface area (Å²) in [5.41, 5.74) is 0. The van der Waals surface area contributed by atoms with Crippen molar-refractivity contribution in [3.63, 3.8) is 0 Å². The zero-order chi connectivity index (χ0) is 5.82. The van der Waals surface area contributed by atoms with E-state index in [1.807, 2.05) is 12.2 Å². The van der Waals surface area contributed by atoms with Crippen LogP contribution in [0.1, 0.15) is 12.8 Å². The molecule has 2 nitrogen and oxygen atoms in total. The van der Waals surface area contributed by atoms with Crippen molar-refractivity contribution in [2.24, 2.45) is 0 Å². The van der Waals surface area contributed by atoms with Crippen LogP contribution in [0, 0.1) is 0 Å². The van der Waals surface area contributed by atoms with Crippen LogP contribution < -0.4 is 0 Å². The van der Waals surface area contributed by atoms with E-state index in [1.54, 1.807) is 12.4 Å². The summed E-state index contributed by atoms with van der Waals surface area (Å²) in [6.45, 7) is 0. The summed E-state index contributed by atoms with van der Waals surface area (Å²) in [4.78, 5) is 0. The van der Waals surface area contributed by atoms with Gasteiger partial charge in [-0.15, -0.1) is 0 Å². The highest BCUT2D eigenvalue weighted by Gasteiger charge is 1.87. The van der Waals surface area contributed by atoms with Crippen molar-refractivity contribution >= 4 is 0 Å². The van der Waals surface area contributed by atoms with E-state index in [9.17, 15) is 0 Å². The molecule has 0 aromatic rings. The normalized spacial score (nSPS) is 18.9. The zero-order valence-electron chi connectivity index (χ0n) is 4.62. The Morgan fingerprint density at radius 1 is 1.12 bits per heavy atom. The molecule has 0 aromatic carbocycles. The summed E-state index contributed by atoms with van der Waals surface area (Å²) < 4.78 is 0. The van der Waals surface area contributed by atoms with E-state index in [-0.39, 0.29) is 0 Å². The lowest BCUT2D eigenvalue weighted by molar-refractivity contribution is 0.0116. The van der Waals surface area contributed by atoms with Gasteiger partial charge >= 0.3 is 0 Å². The molecule has 1 N–H and O–H groups in total. The molecule has 2 heteroatoms. The summed E-state index contributed by atoms with van der Waals surface area (Å²) in [6, 6.07) is 0. The van der Waals surface area contributed by atoms with Gasteiger partial charge in [-0.2, -0.15) is 0 Å². The van der Waals surface area contributed by atoms with E-state index in [0.717, 1.165) is 17.9 Å². The molecular formula is C6H9NO. The number of hydrogen-bond acceptors (Lipinski definition) is 2. The predicted molar refractivity (Wildman–Crippen MR) is 31.1 cm³/mol. The average molecular weight is 111 g/mol. The van der Waals surface area contributed by atoms with E-state index < -0.39 is 0 Å². The minimum absolute atomic E-state index is 1.02. The van der Waals surface area contributed by atoms with Crippen LogP contribution in [0.2, 0.25) is 0 Å². The van der Waals surface area contributed by atoms with Gasteiger partial charge in [0.15, 0.2) is 0 Å². The molecule has 0 unspecified atom stereocenters. The lowest BCUT2D eigenvalue weighted by Gasteiger charge is -1.99. The largest absolute Gasteiger partial charge is 0.285 e. The molecule has 0 radical (unpaired) electrons. The highest BCUT2D eigenvalue weighted by Crippen LogP contribution is 1.99. The van der Waals surface area contributed by atoms with E-state index >= 15 is 0 Å². The molecule has 0 fully saturated rings. The van der Waals surface area contributed by atoms with Gasteiger partial charge in [0.05, 0.1) is 0 Å². The standard InChI is InChI=1S/C6H9NO/c8-7-5-3-1-2-4-6-7/h3-6,8H,1-2H2. The Hall–Kier alpha value is -0.760. The molecular weight excluding hydrogens is 102 g/mol. The van der Waals surface area contributed by atoms with Crippen molar-refractivity contribution in [3.05, 3.63) is 24.6 Å². The molecule has 8 heavy (non-hydrogen) atoms. The Labute approximate surface area is 48.7 Å². The van der Waals surface area contributed by atoms with Crippen LogP contribution in [-0.4, -0.2) is 10.3 Å². The SMILES string of the molecule is ON1C=CCCC=C1. The van der Waals surface area contributed by atoms with E-state index in [1.165, 1.54) is 0 Å². The van der Waals surface area contributed by atoms with Gasteiger partial charge in [-0.3, -0.25) is 5.21 Å². The third-order valence-electron chi connectivity index (χ3n) is 1.02. The van der Waals surface area contributed by atoms with Crippen molar-refractivity contribution in [1.29, 1.82) is 0 Å². The molecule has 1 aliphatic heterocycles. The van der Waals surface area contributed by atoms with Crippen LogP contribution in [0.4, 0.5) is 0 Å². The van der Waals surface area contributed by atoms with Gasteiger partial charge in [-0.1, -0.05) is 12.2 Å². The molecule has 0 aromatic heterocycles. The number of allylic oxidation sites excluding steroid dienone is 2. The summed E-state index contributed by atoms with van der Waals surface area (Å²) in [5.74, 6) is 0. The van der Waals surface area contributed by atoms with Crippen molar-refractivity contribution in [2.75, 3.05) is 0 Å². The summed E-state index contributed by atoms with van der Waals surface area (Å²) in [7, 11) is 0. The van der Waals surface area contributed by atoms with Crippen molar-refractivity contribution in [1.82, 2.24) is 5.06 Å². The minimum Gasteiger partial charge on any atom is -0.285 e. The third kappa shape index (κ3) is 1.39. The van der Waals surface area contributed by atoms with Gasteiger partial charge in [0.25, 0.3) is 0 Å². The number of nitrogens with zero attached hydrogens (tertiary/aromatic N) is 1. The number of rotatable bonds is 0. The Bertz CT molecular complexity index is 104. The Morgan fingerprint density at radius 2 is 1.62 bits per heavy atom. The van der Waals surface area contributed by atoms with Gasteiger partial charge in [-0.25, -0.2) is 5.06 Å². The molecule has 0 atom stereocenters. The second-order valence-electron chi connectivity index (χ2n) is 1.73. The number of hydroxylamine groups is 2. The maximum atomic E-state index is 8.75. The Balaban J connectivity index is 2.51. The smallest absolute Gasteiger partial charge is 0.0284 e. The lowest BCUT2D eigenvalue weighted by atomic mass is 10.3. The summed E-state index contributed by atoms with van der Waals surface area (Å²) in [5, 5.41) is 9.81. The van der Waals surface area contributed by atoms with Gasteiger partial charge in [0.2, 0.25) is 0 Å². The lowest BCUT2D eigenvalue weighted by Crippen LogP contribution is -1.98. The molecule has 0 bridgehead atoms. The maximum absolute atomic E-state index is 8.75. The van der Waals surface area contributed by atoms with Crippen LogP contribution >= 0.6 is 0 Å². The fourth-order valence-corrected chi connectivity index (χ4v) is 0.607. The van der Waals surface area contributed by atoms with Crippen molar-refractivity contribution < 1.29 is 5.21 Å². The molecule has 1 heterocycles. The molecule has 44 valence electrons. The molecule has 0 amide bonds. The van der Waals surface area contributed by atoms with E-state index in [2.05, 4.69) is 0 Å². The van der Waals surface area contributed by atoms with Gasteiger partial charge in [0.1, 0.15) is 0 Å². The quantitative estimate of drug-likeness (QED) is 0.512. The summed E-state index contributed by atoms with van der Waals surface area (Å²) >= 11 is 0. The zero-order valence-corrected chi connectivity index (χ0v) is 4.62. The van der Waals surface area contributed by atoms with Crippen molar-refractivity contribution in [2.45, 2.75) is 12.8 Å². The highest BCUT2D eigenvalue weighted by atomic mass is 16.5.